The summed E-state index contributed by atoms with van der Waals surface area (Å²) in [7, 11) is 0. The fourth-order valence-corrected chi connectivity index (χ4v) is 5.35. The van der Waals surface area contributed by atoms with Gasteiger partial charge in [-0.1, -0.05) is 11.6 Å². The summed E-state index contributed by atoms with van der Waals surface area (Å²) in [5.41, 5.74) is 8.25. The molecule has 2 saturated heterocycles. The van der Waals surface area contributed by atoms with Crippen LogP contribution < -0.4 is 16.3 Å². The Kier molecular flexibility index (Phi) is 5.72. The molecule has 1 atom stereocenters. The zero-order valence-corrected chi connectivity index (χ0v) is 19.9. The van der Waals surface area contributed by atoms with E-state index in [2.05, 4.69) is 14.9 Å². The number of rotatable bonds is 4. The van der Waals surface area contributed by atoms with E-state index in [4.69, 9.17) is 32.0 Å². The number of piperidine rings is 1. The number of halogens is 1. The number of hydrogen-bond donors (Lipinski definition) is 3. The van der Waals surface area contributed by atoms with Gasteiger partial charge in [0, 0.05) is 43.3 Å². The van der Waals surface area contributed by atoms with Crippen LogP contribution in [0.3, 0.4) is 0 Å². The Morgan fingerprint density at radius 1 is 1.17 bits per heavy atom. The number of benzene rings is 1. The molecule has 1 unspecified atom stereocenters. The highest BCUT2D eigenvalue weighted by atomic mass is 35.5. The van der Waals surface area contributed by atoms with Crippen LogP contribution in [0.15, 0.2) is 29.3 Å². The Labute approximate surface area is 205 Å². The van der Waals surface area contributed by atoms with Crippen molar-refractivity contribution in [2.24, 2.45) is 11.7 Å². The average molecular weight is 499 g/mol. The van der Waals surface area contributed by atoms with E-state index in [0.717, 1.165) is 36.7 Å². The van der Waals surface area contributed by atoms with Gasteiger partial charge in [-0.05, 0) is 43.9 Å². The number of H-pyrrole nitrogens is 1. The third-order valence-electron chi connectivity index (χ3n) is 7.14. The molecule has 5 heterocycles. The van der Waals surface area contributed by atoms with Gasteiger partial charge < -0.3 is 25.5 Å². The first-order chi connectivity index (χ1) is 17.0. The van der Waals surface area contributed by atoms with Gasteiger partial charge in [0.15, 0.2) is 11.5 Å². The first-order valence-corrected chi connectivity index (χ1v) is 12.3. The number of anilines is 1. The van der Waals surface area contributed by atoms with Crippen molar-refractivity contribution in [2.75, 3.05) is 31.2 Å². The number of nitrogens with one attached hydrogen (secondary N) is 1. The summed E-state index contributed by atoms with van der Waals surface area (Å²) in [6.45, 7) is 2.53. The number of imidazole rings is 2. The van der Waals surface area contributed by atoms with Crippen LogP contribution in [0.25, 0.3) is 28.1 Å². The first-order valence-electron chi connectivity index (χ1n) is 11.9. The van der Waals surface area contributed by atoms with Crippen molar-refractivity contribution in [3.8, 4) is 5.95 Å². The Morgan fingerprint density at radius 3 is 2.69 bits per heavy atom. The summed E-state index contributed by atoms with van der Waals surface area (Å²) >= 11 is 6.27. The molecule has 184 valence electrons. The zero-order valence-electron chi connectivity index (χ0n) is 19.1. The topological polar surface area (TPSA) is 140 Å². The molecule has 0 spiro atoms. The molecule has 0 radical (unpaired) electrons. The molecule has 4 N–H and O–H groups in total. The van der Waals surface area contributed by atoms with Gasteiger partial charge in [-0.3, -0.25) is 9.13 Å². The van der Waals surface area contributed by atoms with E-state index in [1.54, 1.807) is 21.5 Å². The van der Waals surface area contributed by atoms with Crippen molar-refractivity contribution < 1.29 is 9.84 Å². The quantitative estimate of drug-likeness (QED) is 0.363. The summed E-state index contributed by atoms with van der Waals surface area (Å²) in [5, 5.41) is 10.4. The van der Waals surface area contributed by atoms with Gasteiger partial charge in [-0.15, -0.1) is 0 Å². The number of aliphatic hydroxyl groups is 1. The molecule has 2 aliphatic heterocycles. The third kappa shape index (κ3) is 3.98. The van der Waals surface area contributed by atoms with Crippen LogP contribution >= 0.6 is 11.6 Å². The van der Waals surface area contributed by atoms with Gasteiger partial charge in [0.1, 0.15) is 18.1 Å². The molecule has 0 aliphatic carbocycles. The molecule has 6 rings (SSSR count). The van der Waals surface area contributed by atoms with Crippen LogP contribution in [-0.4, -0.2) is 66.7 Å². The first kappa shape index (κ1) is 22.5. The molecular weight excluding hydrogens is 472 g/mol. The molecule has 2 aliphatic rings. The van der Waals surface area contributed by atoms with Crippen LogP contribution in [0.2, 0.25) is 5.02 Å². The van der Waals surface area contributed by atoms with Crippen molar-refractivity contribution in [3.05, 3.63) is 40.0 Å². The lowest BCUT2D eigenvalue weighted by molar-refractivity contribution is 0.0697. The maximum Gasteiger partial charge on any atom is 0.328 e. The third-order valence-corrected chi connectivity index (χ3v) is 7.38. The maximum absolute atomic E-state index is 13.2. The molecule has 12 heteroatoms. The van der Waals surface area contributed by atoms with Crippen LogP contribution in [0, 0.1) is 5.92 Å². The number of fused-ring (bicyclic) bond motifs is 2. The summed E-state index contributed by atoms with van der Waals surface area (Å²) in [6.07, 6.45) is 3.78. The minimum absolute atomic E-state index is 0.00676. The second kappa shape index (κ2) is 8.90. The highest BCUT2D eigenvalue weighted by Gasteiger charge is 2.29. The largest absolute Gasteiger partial charge is 0.381 e. The molecular formula is C23H27ClN8O3. The van der Waals surface area contributed by atoms with E-state index in [-0.39, 0.29) is 17.6 Å². The second-order valence-corrected chi connectivity index (χ2v) is 9.69. The number of nitrogens with two attached hydrogens (primary N) is 1. The number of nitrogens with zero attached hydrogens (tertiary/aromatic N) is 6. The Morgan fingerprint density at radius 2 is 1.94 bits per heavy atom. The molecule has 35 heavy (non-hydrogen) atoms. The molecule has 2 fully saturated rings. The van der Waals surface area contributed by atoms with Crippen molar-refractivity contribution in [3.63, 3.8) is 0 Å². The summed E-state index contributed by atoms with van der Waals surface area (Å²) in [4.78, 5) is 32.6. The number of ether oxygens (including phenoxy) is 1. The molecule has 3 aromatic heterocycles. The minimum Gasteiger partial charge on any atom is -0.381 e. The lowest BCUT2D eigenvalue weighted by Crippen LogP contribution is -2.41. The van der Waals surface area contributed by atoms with E-state index in [1.807, 2.05) is 12.1 Å². The van der Waals surface area contributed by atoms with E-state index in [1.165, 1.54) is 0 Å². The lowest BCUT2D eigenvalue weighted by Gasteiger charge is -2.34. The summed E-state index contributed by atoms with van der Waals surface area (Å²) in [5.74, 6) is 1.11. The molecule has 1 aromatic carbocycles. The van der Waals surface area contributed by atoms with Crippen LogP contribution in [-0.2, 0) is 4.74 Å². The van der Waals surface area contributed by atoms with Crippen LogP contribution in [0.5, 0.6) is 0 Å². The van der Waals surface area contributed by atoms with Gasteiger partial charge in [0.2, 0.25) is 5.95 Å². The number of hydrogen-bond acceptors (Lipinski definition) is 8. The number of aliphatic hydroxyl groups excluding tert-OH is 1. The molecule has 0 amide bonds. The Bertz CT molecular complexity index is 1430. The normalized spacial score (nSPS) is 19.1. The van der Waals surface area contributed by atoms with Gasteiger partial charge in [-0.2, -0.15) is 9.97 Å². The average Bonchev–Trinajstić information content (AvgIpc) is 3.43. The summed E-state index contributed by atoms with van der Waals surface area (Å²) < 4.78 is 9.06. The number of aromatic nitrogens is 6. The van der Waals surface area contributed by atoms with E-state index in [0.29, 0.717) is 54.3 Å². The minimum atomic E-state index is -0.838. The number of aromatic amines is 1. The van der Waals surface area contributed by atoms with Gasteiger partial charge in [-0.25, -0.2) is 9.78 Å². The monoisotopic (exact) mass is 498 g/mol. The fraction of sp³-hybridized carbons (Fsp3) is 0.478. The smallest absolute Gasteiger partial charge is 0.328 e. The predicted octanol–water partition coefficient (Wildman–Crippen LogP) is 1.96. The van der Waals surface area contributed by atoms with Gasteiger partial charge in [0.25, 0.3) is 0 Å². The summed E-state index contributed by atoms with van der Waals surface area (Å²) in [6, 6.07) is 5.47. The molecule has 0 saturated carbocycles. The van der Waals surface area contributed by atoms with Crippen LogP contribution in [0.4, 0.5) is 5.82 Å². The Balaban J connectivity index is 1.53. The zero-order chi connectivity index (χ0) is 24.1. The lowest BCUT2D eigenvalue weighted by atomic mass is 9.95. The molecule has 0 bridgehead atoms. The Hall–Kier alpha value is -2.99. The predicted molar refractivity (Wildman–Crippen MR) is 132 cm³/mol. The maximum atomic E-state index is 13.2. The highest BCUT2D eigenvalue weighted by Crippen LogP contribution is 2.31. The van der Waals surface area contributed by atoms with E-state index in [9.17, 15) is 9.90 Å². The highest BCUT2D eigenvalue weighted by molar-refractivity contribution is 6.31. The van der Waals surface area contributed by atoms with Gasteiger partial charge >= 0.3 is 5.69 Å². The van der Waals surface area contributed by atoms with Crippen molar-refractivity contribution >= 4 is 39.6 Å². The van der Waals surface area contributed by atoms with E-state index < -0.39 is 6.23 Å². The van der Waals surface area contributed by atoms with Crippen molar-refractivity contribution in [2.45, 2.75) is 38.0 Å². The fourth-order valence-electron chi connectivity index (χ4n) is 5.19. The van der Waals surface area contributed by atoms with Crippen LogP contribution in [0.1, 0.15) is 31.7 Å². The SMILES string of the molecule is NC(O)C1CCN(c2nc(-n3cnc4ccc(Cl)cc43)nc3c2[nH]c(=O)n3C2CCOCC2)CC1. The molecule has 4 aromatic rings. The van der Waals surface area contributed by atoms with Crippen molar-refractivity contribution in [1.29, 1.82) is 0 Å². The van der Waals surface area contributed by atoms with Crippen molar-refractivity contribution in [1.82, 2.24) is 29.1 Å². The van der Waals surface area contributed by atoms with Gasteiger partial charge in [0.05, 0.1) is 11.0 Å². The van der Waals surface area contributed by atoms with E-state index >= 15 is 0 Å². The standard InChI is InChI=1S/C23H27ClN8O3/c24-14-1-2-16-17(11-14)31(12-26-16)22-28-20(30-7-3-13(4-8-30)19(25)33)18-21(29-22)32(23(34)27-18)15-5-9-35-10-6-15/h1-2,11-13,15,19,33H,3-10,25H2,(H,27,34). The molecule has 11 nitrogen and oxygen atoms in total. The second-order valence-electron chi connectivity index (χ2n) is 9.25.